The highest BCUT2D eigenvalue weighted by Gasteiger charge is 2.70. The van der Waals surface area contributed by atoms with E-state index in [1.165, 1.54) is 0 Å². The van der Waals surface area contributed by atoms with Gasteiger partial charge in [-0.05, 0) is 74.0 Å². The first-order chi connectivity index (χ1) is 21.1. The Bertz CT molecular complexity index is 1260. The van der Waals surface area contributed by atoms with E-state index in [4.69, 9.17) is 10.5 Å². The molecule has 6 atom stereocenters. The van der Waals surface area contributed by atoms with E-state index in [1.807, 2.05) is 27.7 Å². The first kappa shape index (κ1) is 35.7. The van der Waals surface area contributed by atoms with E-state index < -0.39 is 70.2 Å². The van der Waals surface area contributed by atoms with Gasteiger partial charge in [0.1, 0.15) is 23.7 Å². The zero-order chi connectivity index (χ0) is 34.6. The number of fused-ring (bicyclic) bond motifs is 1. The quantitative estimate of drug-likeness (QED) is 0.197. The van der Waals surface area contributed by atoms with Crippen LogP contribution in [-0.2, 0) is 28.7 Å². The Hall–Kier alpha value is -3.18. The minimum absolute atomic E-state index is 0.0734. The Morgan fingerprint density at radius 1 is 0.913 bits per heavy atom. The molecule has 3 aliphatic carbocycles. The molecule has 4 aliphatic rings. The summed E-state index contributed by atoms with van der Waals surface area (Å²) in [4.78, 5) is 81.3. The predicted molar refractivity (Wildman–Crippen MR) is 171 cm³/mol. The van der Waals surface area contributed by atoms with E-state index in [0.29, 0.717) is 25.8 Å². The largest absolute Gasteiger partial charge is 0.458 e. The Morgan fingerprint density at radius 2 is 1.50 bits per heavy atom. The van der Waals surface area contributed by atoms with E-state index >= 15 is 0 Å². The highest BCUT2D eigenvalue weighted by molar-refractivity contribution is 6.37. The van der Waals surface area contributed by atoms with Crippen molar-refractivity contribution in [3.63, 3.8) is 0 Å². The fourth-order valence-corrected chi connectivity index (χ4v) is 7.63. The van der Waals surface area contributed by atoms with Crippen molar-refractivity contribution < 1.29 is 33.5 Å². The van der Waals surface area contributed by atoms with Crippen LogP contribution in [0.4, 0.5) is 4.79 Å². The molecule has 46 heavy (non-hydrogen) atoms. The number of urea groups is 1. The lowest BCUT2D eigenvalue weighted by molar-refractivity contribution is -0.160. The minimum Gasteiger partial charge on any atom is -0.458 e. The Morgan fingerprint density at radius 3 is 2.00 bits per heavy atom. The summed E-state index contributed by atoms with van der Waals surface area (Å²) in [6, 6.07) is -4.51. The van der Waals surface area contributed by atoms with E-state index in [9.17, 15) is 28.8 Å². The summed E-state index contributed by atoms with van der Waals surface area (Å²) in [6.45, 7) is 17.2. The van der Waals surface area contributed by atoms with Gasteiger partial charge in [0, 0.05) is 6.54 Å². The molecule has 0 aromatic heterocycles. The predicted octanol–water partition coefficient (Wildman–Crippen LogP) is 2.81. The van der Waals surface area contributed by atoms with Gasteiger partial charge in [0.05, 0.1) is 6.04 Å². The molecular weight excluding hydrogens is 590 g/mol. The first-order valence-corrected chi connectivity index (χ1v) is 16.8. The van der Waals surface area contributed by atoms with Gasteiger partial charge in [0.2, 0.25) is 17.6 Å². The first-order valence-electron chi connectivity index (χ1n) is 16.8. The van der Waals surface area contributed by atoms with E-state index in [2.05, 4.69) is 29.8 Å². The van der Waals surface area contributed by atoms with Crippen molar-refractivity contribution in [1.29, 1.82) is 0 Å². The normalized spacial score (nSPS) is 26.6. The molecule has 1 saturated heterocycles. The number of esters is 1. The van der Waals surface area contributed by atoms with E-state index in [1.54, 1.807) is 25.7 Å². The number of amides is 5. The van der Waals surface area contributed by atoms with Gasteiger partial charge in [-0.2, -0.15) is 0 Å². The third-order valence-corrected chi connectivity index (χ3v) is 10.7. The van der Waals surface area contributed by atoms with Gasteiger partial charge in [-0.1, -0.05) is 67.2 Å². The van der Waals surface area contributed by atoms with E-state index in [0.717, 1.165) is 25.7 Å². The number of carbonyl (C=O) groups excluding carboxylic acids is 6. The van der Waals surface area contributed by atoms with Crippen molar-refractivity contribution >= 4 is 35.5 Å². The minimum atomic E-state index is -1.10. The zero-order valence-corrected chi connectivity index (χ0v) is 29.1. The van der Waals surface area contributed by atoms with Gasteiger partial charge in [-0.25, -0.2) is 9.59 Å². The van der Waals surface area contributed by atoms with Crippen molar-refractivity contribution in [2.24, 2.45) is 39.7 Å². The summed E-state index contributed by atoms with van der Waals surface area (Å²) in [5.41, 5.74) is 3.12. The van der Waals surface area contributed by atoms with E-state index in [-0.39, 0.29) is 29.1 Å². The number of nitrogens with one attached hydrogen (secondary N) is 3. The summed E-state index contributed by atoms with van der Waals surface area (Å²) in [6.07, 6.45) is 5.37. The number of likely N-dealkylation sites (tertiary alicyclic amines) is 1. The number of hydrogen-bond acceptors (Lipinski definition) is 7. The molecule has 258 valence electrons. The van der Waals surface area contributed by atoms with Crippen LogP contribution in [0.5, 0.6) is 0 Å². The molecule has 5 N–H and O–H groups in total. The summed E-state index contributed by atoms with van der Waals surface area (Å²) >= 11 is 0. The molecule has 1 aliphatic heterocycles. The van der Waals surface area contributed by atoms with Crippen molar-refractivity contribution in [3.8, 4) is 0 Å². The van der Waals surface area contributed by atoms with Crippen LogP contribution >= 0.6 is 0 Å². The second-order valence-corrected chi connectivity index (χ2v) is 17.1. The monoisotopic (exact) mass is 645 g/mol. The summed E-state index contributed by atoms with van der Waals surface area (Å²) in [7, 11) is 0. The maximum absolute atomic E-state index is 14.6. The van der Waals surface area contributed by atoms with Gasteiger partial charge in [0.15, 0.2) is 0 Å². The lowest BCUT2D eigenvalue weighted by atomic mass is 9.79. The van der Waals surface area contributed by atoms with Crippen LogP contribution in [0.25, 0.3) is 0 Å². The smallest absolute Gasteiger partial charge is 0.329 e. The number of Topliss-reactive ketones (excluding diaryl/α,β-unsaturated/α-hetero) is 1. The van der Waals surface area contributed by atoms with Crippen LogP contribution in [0.3, 0.4) is 0 Å². The molecule has 4 fully saturated rings. The number of nitrogens with zero attached hydrogens (tertiary/aromatic N) is 1. The molecule has 3 saturated carbocycles. The SMILES string of the molecule is CC(C)(C)OC(=O)[C@@H](NC(=O)N[C@H](C(=O)N1C[C@H]2[C@@H]([C@H]1C(=O)NC(CC1CC1)C(=O)C(N)=O)C2(C)C)C1(C)CCCC1)C(C)(C)C. The molecule has 1 heterocycles. The van der Waals surface area contributed by atoms with Gasteiger partial charge < -0.3 is 31.3 Å². The Balaban J connectivity index is 1.58. The van der Waals surface area contributed by atoms with Crippen molar-refractivity contribution in [2.45, 2.75) is 137 Å². The second kappa shape index (κ2) is 12.4. The highest BCUT2D eigenvalue weighted by Crippen LogP contribution is 2.65. The second-order valence-electron chi connectivity index (χ2n) is 17.1. The molecule has 0 aromatic carbocycles. The van der Waals surface area contributed by atoms with Crippen LogP contribution in [0.1, 0.15) is 107 Å². The lowest BCUT2D eigenvalue weighted by Gasteiger charge is -2.40. The average molecular weight is 646 g/mol. The number of hydrogen-bond donors (Lipinski definition) is 4. The van der Waals surface area contributed by atoms with Crippen LogP contribution < -0.4 is 21.7 Å². The van der Waals surface area contributed by atoms with Gasteiger partial charge >= 0.3 is 12.0 Å². The van der Waals surface area contributed by atoms with Gasteiger partial charge in [0.25, 0.3) is 5.91 Å². The molecule has 0 aromatic rings. The van der Waals surface area contributed by atoms with Crippen molar-refractivity contribution in [1.82, 2.24) is 20.9 Å². The van der Waals surface area contributed by atoms with Gasteiger partial charge in [-0.3, -0.25) is 19.2 Å². The Kier molecular flexibility index (Phi) is 9.65. The van der Waals surface area contributed by atoms with Crippen LogP contribution in [-0.4, -0.2) is 76.7 Å². The molecule has 1 unspecified atom stereocenters. The number of nitrogens with two attached hydrogens (primary N) is 1. The zero-order valence-electron chi connectivity index (χ0n) is 29.1. The molecule has 4 rings (SSSR count). The highest BCUT2D eigenvalue weighted by atomic mass is 16.6. The maximum Gasteiger partial charge on any atom is 0.329 e. The average Bonchev–Trinajstić information content (AvgIpc) is 3.67. The molecule has 0 radical (unpaired) electrons. The van der Waals surface area contributed by atoms with Crippen LogP contribution in [0.15, 0.2) is 0 Å². The lowest BCUT2D eigenvalue weighted by Crippen LogP contribution is -2.63. The summed E-state index contributed by atoms with van der Waals surface area (Å²) in [5.74, 6) is -3.18. The van der Waals surface area contributed by atoms with Crippen LogP contribution in [0.2, 0.25) is 0 Å². The molecule has 5 amide bonds. The Labute approximate surface area is 273 Å². The third-order valence-electron chi connectivity index (χ3n) is 10.7. The molecule has 12 heteroatoms. The summed E-state index contributed by atoms with van der Waals surface area (Å²) in [5, 5.41) is 8.49. The number of piperidine rings is 1. The number of carbonyl (C=O) groups is 6. The number of primary amides is 1. The third kappa shape index (κ3) is 7.68. The fraction of sp³-hybridized carbons (Fsp3) is 0.824. The van der Waals surface area contributed by atoms with Crippen LogP contribution in [0, 0.1) is 34.0 Å². The molecule has 12 nitrogen and oxygen atoms in total. The molecular formula is C34H55N5O7. The topological polar surface area (TPSA) is 177 Å². The number of rotatable bonds is 11. The number of ether oxygens (including phenoxy) is 1. The van der Waals surface area contributed by atoms with Crippen molar-refractivity contribution in [2.75, 3.05) is 6.54 Å². The van der Waals surface area contributed by atoms with Gasteiger partial charge in [-0.15, -0.1) is 0 Å². The molecule has 0 bridgehead atoms. The van der Waals surface area contributed by atoms with Crippen molar-refractivity contribution in [3.05, 3.63) is 0 Å². The standard InChI is InChI=1S/C34H55N5O7/c1-31(2,3)25(29(44)46-32(4,5)6)38-30(45)37-24(34(9)14-10-11-15-34)28(43)39-17-19-21(33(19,7)8)22(39)27(42)36-20(16-18-12-13-18)23(40)26(35)41/h18-22,24-25H,10-17H2,1-9H3,(H2,35,41)(H,36,42)(H2,37,38,45)/t19-,20?,21-,22-,24+,25+/m0/s1. The molecule has 0 spiro atoms. The maximum atomic E-state index is 14.6. The number of ketones is 1. The summed E-state index contributed by atoms with van der Waals surface area (Å²) < 4.78 is 5.59. The fourth-order valence-electron chi connectivity index (χ4n) is 7.63.